The fourth-order valence-electron chi connectivity index (χ4n) is 5.62. The highest BCUT2D eigenvalue weighted by Gasteiger charge is 2.53. The van der Waals surface area contributed by atoms with Crippen LogP contribution < -0.4 is 5.32 Å². The molecule has 0 radical (unpaired) electrons. The van der Waals surface area contributed by atoms with Crippen molar-refractivity contribution in [2.45, 2.75) is 57.8 Å². The van der Waals surface area contributed by atoms with Gasteiger partial charge in [-0.05, 0) is 23.3 Å². The number of benzene rings is 2. The average Bonchev–Trinajstić information content (AvgIpc) is 3.83. The summed E-state index contributed by atoms with van der Waals surface area (Å²) in [7, 11) is 1.22. The summed E-state index contributed by atoms with van der Waals surface area (Å²) in [5, 5.41) is 15.8. The summed E-state index contributed by atoms with van der Waals surface area (Å²) in [5.74, 6) is -2.02. The molecule has 5 aromatic rings. The van der Waals surface area contributed by atoms with Gasteiger partial charge in [0.1, 0.15) is 0 Å². The van der Waals surface area contributed by atoms with Crippen molar-refractivity contribution in [3.63, 3.8) is 0 Å². The zero-order chi connectivity index (χ0) is 33.8. The van der Waals surface area contributed by atoms with Gasteiger partial charge in [0.25, 0.3) is 0 Å². The van der Waals surface area contributed by atoms with Gasteiger partial charge in [0.05, 0.1) is 20.0 Å². The number of carbonyl (C=O) groups excluding carboxylic acids is 3. The standard InChI is InChI=1S/C32H33N9O7/c1-5-41-38-28(37-39-41)25-24(46-18(2)42)26(47-19(3)43)31(48-25)40-17-34-23-27(35-29(32(44)45-4)36-30(23)40)33-16-22(20-12-8-6-9-13-20)21-14-10-7-11-15-21/h6-15,17,22,24-26,31H,5,16H2,1-4H3,(H,33,35,36). The maximum absolute atomic E-state index is 12.8. The average molecular weight is 656 g/mol. The van der Waals surface area contributed by atoms with Crippen LogP contribution in [-0.4, -0.2) is 83.5 Å². The van der Waals surface area contributed by atoms with E-state index in [1.165, 1.54) is 36.6 Å². The minimum absolute atomic E-state index is 0.0816. The second-order valence-corrected chi connectivity index (χ2v) is 10.9. The van der Waals surface area contributed by atoms with Crippen molar-refractivity contribution < 1.29 is 33.3 Å². The molecule has 4 heterocycles. The molecule has 1 N–H and O–H groups in total. The van der Waals surface area contributed by atoms with Crippen LogP contribution in [0.25, 0.3) is 11.2 Å². The van der Waals surface area contributed by atoms with E-state index >= 15 is 0 Å². The summed E-state index contributed by atoms with van der Waals surface area (Å²) in [4.78, 5) is 52.2. The Hall–Kier alpha value is -5.77. The number of aromatic nitrogens is 8. The van der Waals surface area contributed by atoms with Crippen LogP contribution in [-0.2, 0) is 35.1 Å². The molecule has 6 rings (SSSR count). The number of esters is 3. The Bertz CT molecular complexity index is 1880. The van der Waals surface area contributed by atoms with E-state index in [0.717, 1.165) is 11.1 Å². The quantitative estimate of drug-likeness (QED) is 0.162. The van der Waals surface area contributed by atoms with E-state index in [0.29, 0.717) is 18.6 Å². The lowest BCUT2D eigenvalue weighted by molar-refractivity contribution is -0.165. The summed E-state index contributed by atoms with van der Waals surface area (Å²) in [6.45, 7) is 5.10. The minimum Gasteiger partial charge on any atom is -0.463 e. The van der Waals surface area contributed by atoms with E-state index in [1.54, 1.807) is 0 Å². The van der Waals surface area contributed by atoms with Gasteiger partial charge in [-0.1, -0.05) is 60.7 Å². The molecule has 0 aliphatic carbocycles. The van der Waals surface area contributed by atoms with Crippen LogP contribution in [0.3, 0.4) is 0 Å². The number of methoxy groups -OCH3 is 1. The number of hydrogen-bond acceptors (Lipinski definition) is 14. The van der Waals surface area contributed by atoms with Crippen molar-refractivity contribution in [1.82, 2.24) is 39.7 Å². The third kappa shape index (κ3) is 6.55. The molecular formula is C32H33N9O7. The normalized spacial score (nSPS) is 18.9. The van der Waals surface area contributed by atoms with Gasteiger partial charge in [-0.3, -0.25) is 14.2 Å². The van der Waals surface area contributed by atoms with Crippen LogP contribution in [0.4, 0.5) is 5.82 Å². The first-order chi connectivity index (χ1) is 23.3. The second kappa shape index (κ2) is 13.9. The second-order valence-electron chi connectivity index (χ2n) is 10.9. The Kier molecular flexibility index (Phi) is 9.33. The molecule has 248 valence electrons. The maximum Gasteiger partial charge on any atom is 0.376 e. The summed E-state index contributed by atoms with van der Waals surface area (Å²) in [5.41, 5.74) is 2.61. The molecule has 4 atom stereocenters. The largest absolute Gasteiger partial charge is 0.463 e. The number of tetrazole rings is 1. The molecule has 0 amide bonds. The molecule has 4 unspecified atom stereocenters. The Morgan fingerprint density at radius 3 is 2.17 bits per heavy atom. The molecule has 1 aliphatic rings. The summed E-state index contributed by atoms with van der Waals surface area (Å²) < 4.78 is 24.1. The third-order valence-electron chi connectivity index (χ3n) is 7.74. The molecule has 48 heavy (non-hydrogen) atoms. The van der Waals surface area contributed by atoms with Crippen molar-refractivity contribution in [1.29, 1.82) is 0 Å². The smallest absolute Gasteiger partial charge is 0.376 e. The van der Waals surface area contributed by atoms with Gasteiger partial charge in [-0.15, -0.1) is 10.2 Å². The monoisotopic (exact) mass is 655 g/mol. The Morgan fingerprint density at radius 2 is 1.58 bits per heavy atom. The number of hydrogen-bond donors (Lipinski definition) is 1. The lowest BCUT2D eigenvalue weighted by Crippen LogP contribution is -2.37. The van der Waals surface area contributed by atoms with Crippen LogP contribution in [0, 0.1) is 0 Å². The van der Waals surface area contributed by atoms with E-state index in [1.807, 2.05) is 67.6 Å². The highest BCUT2D eigenvalue weighted by atomic mass is 16.6. The zero-order valence-corrected chi connectivity index (χ0v) is 26.6. The minimum atomic E-state index is -1.18. The first kappa shape index (κ1) is 32.2. The first-order valence-electron chi connectivity index (χ1n) is 15.2. The predicted octanol–water partition coefficient (Wildman–Crippen LogP) is 3.00. The van der Waals surface area contributed by atoms with E-state index < -0.39 is 42.4 Å². The zero-order valence-electron chi connectivity index (χ0n) is 26.6. The van der Waals surface area contributed by atoms with Gasteiger partial charge in [0, 0.05) is 26.3 Å². The molecule has 0 spiro atoms. The Morgan fingerprint density at radius 1 is 0.938 bits per heavy atom. The number of imidazole rings is 1. The number of aryl methyl sites for hydroxylation is 1. The summed E-state index contributed by atoms with van der Waals surface area (Å²) in [6, 6.07) is 20.0. The van der Waals surface area contributed by atoms with Crippen molar-refractivity contribution in [3.05, 3.63) is 89.8 Å². The van der Waals surface area contributed by atoms with Crippen molar-refractivity contribution in [3.8, 4) is 0 Å². The van der Waals surface area contributed by atoms with E-state index in [9.17, 15) is 14.4 Å². The molecule has 3 aromatic heterocycles. The number of rotatable bonds is 11. The lowest BCUT2D eigenvalue weighted by atomic mass is 9.91. The summed E-state index contributed by atoms with van der Waals surface area (Å²) >= 11 is 0. The van der Waals surface area contributed by atoms with Gasteiger partial charge in [0.15, 0.2) is 41.5 Å². The Balaban J connectivity index is 1.42. The fraction of sp³-hybridized carbons (Fsp3) is 0.344. The third-order valence-corrected chi connectivity index (χ3v) is 7.74. The first-order valence-corrected chi connectivity index (χ1v) is 15.2. The number of nitrogens with one attached hydrogen (secondary N) is 1. The maximum atomic E-state index is 12.8. The van der Waals surface area contributed by atoms with Crippen LogP contribution in [0.15, 0.2) is 67.0 Å². The fourth-order valence-corrected chi connectivity index (χ4v) is 5.62. The van der Waals surface area contributed by atoms with Gasteiger partial charge in [-0.2, -0.15) is 4.80 Å². The van der Waals surface area contributed by atoms with Crippen molar-refractivity contribution in [2.75, 3.05) is 19.0 Å². The Labute approximate surface area is 274 Å². The molecule has 16 nitrogen and oxygen atoms in total. The molecule has 16 heteroatoms. The number of ether oxygens (including phenoxy) is 4. The molecule has 1 fully saturated rings. The molecule has 0 saturated carbocycles. The SMILES string of the molecule is CCn1nnc(C2OC(n3cnc4c(NCC(c5ccccc5)c5ccccc5)nc(C(=O)OC)nc43)C(OC(C)=O)C2OC(C)=O)n1. The molecular weight excluding hydrogens is 622 g/mol. The summed E-state index contributed by atoms with van der Waals surface area (Å²) in [6.07, 6.45) is -3.13. The van der Waals surface area contributed by atoms with Crippen LogP contribution >= 0.6 is 0 Å². The van der Waals surface area contributed by atoms with Crippen molar-refractivity contribution in [2.24, 2.45) is 0 Å². The van der Waals surface area contributed by atoms with Crippen LogP contribution in [0.5, 0.6) is 0 Å². The van der Waals surface area contributed by atoms with Gasteiger partial charge in [0.2, 0.25) is 11.6 Å². The van der Waals surface area contributed by atoms with Crippen LogP contribution in [0.1, 0.15) is 66.6 Å². The molecule has 0 bridgehead atoms. The lowest BCUT2D eigenvalue weighted by Gasteiger charge is -2.23. The number of carbonyl (C=O) groups is 3. The number of nitrogens with zero attached hydrogens (tertiary/aromatic N) is 8. The highest BCUT2D eigenvalue weighted by Crippen LogP contribution is 2.42. The predicted molar refractivity (Wildman–Crippen MR) is 167 cm³/mol. The molecule has 1 saturated heterocycles. The number of fused-ring (bicyclic) bond motifs is 1. The highest BCUT2D eigenvalue weighted by molar-refractivity contribution is 5.91. The number of anilines is 1. The van der Waals surface area contributed by atoms with E-state index in [-0.39, 0.29) is 29.0 Å². The molecule has 2 aromatic carbocycles. The van der Waals surface area contributed by atoms with E-state index in [2.05, 4.69) is 35.7 Å². The van der Waals surface area contributed by atoms with E-state index in [4.69, 9.17) is 18.9 Å². The van der Waals surface area contributed by atoms with Gasteiger partial charge >= 0.3 is 17.9 Å². The molecule has 1 aliphatic heterocycles. The van der Waals surface area contributed by atoms with Crippen LogP contribution in [0.2, 0.25) is 0 Å². The topological polar surface area (TPSA) is 187 Å². The van der Waals surface area contributed by atoms with Gasteiger partial charge in [-0.25, -0.2) is 19.7 Å². The van der Waals surface area contributed by atoms with Crippen molar-refractivity contribution >= 4 is 34.9 Å². The van der Waals surface area contributed by atoms with Gasteiger partial charge < -0.3 is 24.3 Å².